The van der Waals surface area contributed by atoms with Crippen molar-refractivity contribution in [3.8, 4) is 0 Å². The topological polar surface area (TPSA) is 20.2 Å². The molecule has 0 bridgehead atoms. The first-order valence-electron chi connectivity index (χ1n) is 9.17. The maximum Gasteiger partial charge on any atom is 0.0491 e. The van der Waals surface area contributed by atoms with Crippen LogP contribution < -0.4 is 5.32 Å². The van der Waals surface area contributed by atoms with Crippen LogP contribution >= 0.6 is 24.8 Å². The van der Waals surface area contributed by atoms with E-state index in [2.05, 4.69) is 77.2 Å². The van der Waals surface area contributed by atoms with Gasteiger partial charge in [0.1, 0.15) is 0 Å². The smallest absolute Gasteiger partial charge is 0.0491 e. The minimum Gasteiger partial charge on any atom is -0.340 e. The lowest BCUT2D eigenvalue weighted by atomic mass is 10.1. The minimum absolute atomic E-state index is 0. The van der Waals surface area contributed by atoms with E-state index in [1.54, 1.807) is 0 Å². The van der Waals surface area contributed by atoms with E-state index in [1.165, 1.54) is 34.8 Å². The van der Waals surface area contributed by atoms with Crippen LogP contribution in [0.5, 0.6) is 0 Å². The minimum atomic E-state index is 0. The summed E-state index contributed by atoms with van der Waals surface area (Å²) in [4.78, 5) is 2.63. The number of nitrogens with one attached hydrogen (secondary N) is 1. The van der Waals surface area contributed by atoms with E-state index in [9.17, 15) is 0 Å². The molecule has 1 fully saturated rings. The van der Waals surface area contributed by atoms with Gasteiger partial charge in [-0.3, -0.25) is 4.90 Å². The highest BCUT2D eigenvalue weighted by Crippen LogP contribution is 2.28. The van der Waals surface area contributed by atoms with E-state index >= 15 is 0 Å². The van der Waals surface area contributed by atoms with E-state index in [1.807, 2.05) is 0 Å². The lowest BCUT2D eigenvalue weighted by Crippen LogP contribution is -2.54. The van der Waals surface area contributed by atoms with E-state index in [4.69, 9.17) is 0 Å². The Kier molecular flexibility index (Phi) is 7.36. The van der Waals surface area contributed by atoms with Crippen LogP contribution in [0.2, 0.25) is 0 Å². The summed E-state index contributed by atoms with van der Waals surface area (Å²) >= 11 is 0. The molecular formula is C21H29Cl2N3. The molecule has 1 N–H and O–H groups in total. The number of halogens is 2. The van der Waals surface area contributed by atoms with Crippen LogP contribution in [-0.2, 0) is 6.54 Å². The first-order valence-corrected chi connectivity index (χ1v) is 9.17. The summed E-state index contributed by atoms with van der Waals surface area (Å²) in [6.07, 6.45) is 1.19. The van der Waals surface area contributed by atoms with Gasteiger partial charge in [0.2, 0.25) is 0 Å². The summed E-state index contributed by atoms with van der Waals surface area (Å²) in [5.74, 6) is 0. The van der Waals surface area contributed by atoms with Gasteiger partial charge in [0, 0.05) is 60.1 Å². The number of aromatic nitrogens is 1. The maximum atomic E-state index is 3.57. The number of nitrogens with zero attached hydrogens (tertiary/aromatic N) is 2. The molecule has 0 amide bonds. The zero-order chi connectivity index (χ0) is 16.5. The van der Waals surface area contributed by atoms with E-state index in [0.29, 0.717) is 12.1 Å². The molecule has 1 aliphatic rings. The molecule has 3 aromatic rings. The third-order valence-electron chi connectivity index (χ3n) is 5.40. The van der Waals surface area contributed by atoms with Gasteiger partial charge in [0.05, 0.1) is 0 Å². The number of fused-ring (bicyclic) bond motifs is 3. The zero-order valence-corrected chi connectivity index (χ0v) is 17.2. The van der Waals surface area contributed by atoms with Crippen LogP contribution in [-0.4, -0.2) is 41.2 Å². The fourth-order valence-corrected chi connectivity index (χ4v) is 4.08. The van der Waals surface area contributed by atoms with Gasteiger partial charge >= 0.3 is 0 Å². The van der Waals surface area contributed by atoms with E-state index < -0.39 is 0 Å². The summed E-state index contributed by atoms with van der Waals surface area (Å²) < 4.78 is 2.50. The maximum absolute atomic E-state index is 3.57. The molecule has 0 radical (unpaired) electrons. The molecule has 0 spiro atoms. The number of rotatable bonds is 4. The Labute approximate surface area is 168 Å². The first-order chi connectivity index (χ1) is 11.7. The van der Waals surface area contributed by atoms with Crippen LogP contribution in [0.3, 0.4) is 0 Å². The zero-order valence-electron chi connectivity index (χ0n) is 15.5. The predicted octanol–water partition coefficient (Wildman–Crippen LogP) is 4.71. The van der Waals surface area contributed by atoms with Crippen molar-refractivity contribution in [2.24, 2.45) is 0 Å². The summed E-state index contributed by atoms with van der Waals surface area (Å²) in [7, 11) is 0. The van der Waals surface area contributed by atoms with Crippen molar-refractivity contribution in [2.45, 2.75) is 38.9 Å². The first kappa shape index (κ1) is 21.0. The Balaban J connectivity index is 0.00000121. The normalized spacial score (nSPS) is 20.7. The number of aryl methyl sites for hydroxylation is 1. The van der Waals surface area contributed by atoms with Gasteiger partial charge in [-0.2, -0.15) is 0 Å². The molecule has 2 heterocycles. The van der Waals surface area contributed by atoms with Crippen molar-refractivity contribution in [3.63, 3.8) is 0 Å². The molecule has 1 aromatic heterocycles. The number of hydrogen-bond acceptors (Lipinski definition) is 2. The molecule has 4 rings (SSSR count). The van der Waals surface area contributed by atoms with Crippen LogP contribution in [0.4, 0.5) is 0 Å². The Hall–Kier alpha value is -1.26. The highest BCUT2D eigenvalue weighted by molar-refractivity contribution is 6.07. The van der Waals surface area contributed by atoms with Crippen LogP contribution in [0.25, 0.3) is 21.8 Å². The molecule has 1 saturated heterocycles. The predicted molar refractivity (Wildman–Crippen MR) is 117 cm³/mol. The molecular weight excluding hydrogens is 365 g/mol. The van der Waals surface area contributed by atoms with Crippen molar-refractivity contribution < 1.29 is 0 Å². The molecule has 0 aliphatic carbocycles. The Morgan fingerprint density at radius 2 is 1.46 bits per heavy atom. The van der Waals surface area contributed by atoms with Gasteiger partial charge in [0.25, 0.3) is 0 Å². The second kappa shape index (κ2) is 9.09. The highest BCUT2D eigenvalue weighted by Gasteiger charge is 2.21. The molecule has 3 nitrogen and oxygen atoms in total. The Bertz CT molecular complexity index is 792. The third kappa shape index (κ3) is 4.01. The Morgan fingerprint density at radius 1 is 0.885 bits per heavy atom. The van der Waals surface area contributed by atoms with Crippen molar-refractivity contribution in [3.05, 3.63) is 48.5 Å². The molecule has 142 valence electrons. The SMILES string of the molecule is C[C@H]1CN(CCCn2c3ccccc3c3ccccc32)[C@@H](C)CN1.Cl.Cl. The fourth-order valence-electron chi connectivity index (χ4n) is 4.08. The largest absolute Gasteiger partial charge is 0.340 e. The lowest BCUT2D eigenvalue weighted by Gasteiger charge is -2.37. The van der Waals surface area contributed by atoms with E-state index in [0.717, 1.165) is 19.6 Å². The molecule has 2 aromatic carbocycles. The van der Waals surface area contributed by atoms with Gasteiger partial charge in [-0.25, -0.2) is 0 Å². The van der Waals surface area contributed by atoms with E-state index in [-0.39, 0.29) is 24.8 Å². The second-order valence-electron chi connectivity index (χ2n) is 7.19. The average Bonchev–Trinajstić information content (AvgIpc) is 2.93. The summed E-state index contributed by atoms with van der Waals surface area (Å²) in [5.41, 5.74) is 2.72. The molecule has 1 aliphatic heterocycles. The van der Waals surface area contributed by atoms with Crippen molar-refractivity contribution in [1.29, 1.82) is 0 Å². The highest BCUT2D eigenvalue weighted by atomic mass is 35.5. The standard InChI is InChI=1S/C21H27N3.2ClH/c1-16-15-23(17(2)14-22-16)12-7-13-24-20-10-5-3-8-18(20)19-9-4-6-11-21(19)24;;/h3-6,8-11,16-17,22H,7,12-15H2,1-2H3;2*1H/t16-,17-;;/m0../s1. The summed E-state index contributed by atoms with van der Waals surface area (Å²) in [6.45, 7) is 9.14. The number of benzene rings is 2. The number of para-hydroxylation sites is 2. The van der Waals surface area contributed by atoms with Gasteiger partial charge in [-0.05, 0) is 32.4 Å². The molecule has 2 atom stereocenters. The number of hydrogen-bond donors (Lipinski definition) is 1. The summed E-state index contributed by atoms with van der Waals surface area (Å²) in [6, 6.07) is 18.8. The molecule has 5 heteroatoms. The van der Waals surface area contributed by atoms with Gasteiger partial charge in [-0.15, -0.1) is 24.8 Å². The van der Waals surface area contributed by atoms with Crippen LogP contribution in [0.1, 0.15) is 20.3 Å². The number of piperazine rings is 1. The third-order valence-corrected chi connectivity index (χ3v) is 5.40. The second-order valence-corrected chi connectivity index (χ2v) is 7.19. The average molecular weight is 394 g/mol. The monoisotopic (exact) mass is 393 g/mol. The fraction of sp³-hybridized carbons (Fsp3) is 0.429. The molecule has 0 saturated carbocycles. The summed E-state index contributed by atoms with van der Waals surface area (Å²) in [5, 5.41) is 6.31. The van der Waals surface area contributed by atoms with Crippen LogP contribution in [0.15, 0.2) is 48.5 Å². The van der Waals surface area contributed by atoms with Crippen molar-refractivity contribution in [2.75, 3.05) is 19.6 Å². The van der Waals surface area contributed by atoms with Crippen molar-refractivity contribution in [1.82, 2.24) is 14.8 Å². The quantitative estimate of drug-likeness (QED) is 0.692. The van der Waals surface area contributed by atoms with Crippen molar-refractivity contribution >= 4 is 46.6 Å². The van der Waals surface area contributed by atoms with Gasteiger partial charge < -0.3 is 9.88 Å². The molecule has 26 heavy (non-hydrogen) atoms. The van der Waals surface area contributed by atoms with Gasteiger partial charge in [0.15, 0.2) is 0 Å². The lowest BCUT2D eigenvalue weighted by molar-refractivity contribution is 0.143. The Morgan fingerprint density at radius 3 is 2.08 bits per heavy atom. The molecule has 0 unspecified atom stereocenters. The van der Waals surface area contributed by atoms with Gasteiger partial charge in [-0.1, -0.05) is 36.4 Å². The van der Waals surface area contributed by atoms with Crippen LogP contribution in [0, 0.1) is 0 Å².